The molecule has 2 heterocycles. The maximum absolute atomic E-state index is 13.5. The van der Waals surface area contributed by atoms with Crippen molar-refractivity contribution in [2.24, 2.45) is 0 Å². The SMILES string of the molecule is Cc1ccc(CN(CCc2c[nH]c3ccccc23)C(=O)CN(C(=O)c2ccco2)C(C)C)cc1. The average Bonchev–Trinajstić information content (AvgIpc) is 3.51. The van der Waals surface area contributed by atoms with Crippen molar-refractivity contribution in [2.75, 3.05) is 13.1 Å². The Bertz CT molecular complexity index is 1240. The number of hydrogen-bond donors (Lipinski definition) is 1. The summed E-state index contributed by atoms with van der Waals surface area (Å²) in [6.45, 7) is 6.90. The Morgan fingerprint density at radius 3 is 2.47 bits per heavy atom. The molecule has 0 atom stereocenters. The van der Waals surface area contributed by atoms with E-state index in [2.05, 4.69) is 41.4 Å². The zero-order valence-electron chi connectivity index (χ0n) is 20.0. The maximum atomic E-state index is 13.5. The summed E-state index contributed by atoms with van der Waals surface area (Å²) in [4.78, 5) is 33.2. The number of carbonyl (C=O) groups excluding carboxylic acids is 2. The van der Waals surface area contributed by atoms with E-state index in [0.29, 0.717) is 13.1 Å². The Balaban J connectivity index is 1.53. The lowest BCUT2D eigenvalue weighted by Crippen LogP contribution is -2.46. The van der Waals surface area contributed by atoms with E-state index < -0.39 is 0 Å². The van der Waals surface area contributed by atoms with Gasteiger partial charge in [-0.05, 0) is 56.5 Å². The lowest BCUT2D eigenvalue weighted by Gasteiger charge is -2.29. The summed E-state index contributed by atoms with van der Waals surface area (Å²) in [6.07, 6.45) is 4.20. The summed E-state index contributed by atoms with van der Waals surface area (Å²) in [6, 6.07) is 19.5. The van der Waals surface area contributed by atoms with Crippen molar-refractivity contribution in [3.8, 4) is 0 Å². The van der Waals surface area contributed by atoms with Crippen LogP contribution in [0.5, 0.6) is 0 Å². The van der Waals surface area contributed by atoms with E-state index >= 15 is 0 Å². The molecule has 2 aromatic heterocycles. The molecule has 0 aliphatic heterocycles. The molecule has 0 unspecified atom stereocenters. The summed E-state index contributed by atoms with van der Waals surface area (Å²) in [7, 11) is 0. The predicted octanol–water partition coefficient (Wildman–Crippen LogP) is 5.19. The van der Waals surface area contributed by atoms with Crippen LogP contribution in [0.1, 0.15) is 41.1 Å². The van der Waals surface area contributed by atoms with Crippen molar-refractivity contribution in [1.29, 1.82) is 0 Å². The highest BCUT2D eigenvalue weighted by molar-refractivity contribution is 5.94. The fourth-order valence-corrected chi connectivity index (χ4v) is 4.08. The van der Waals surface area contributed by atoms with Crippen molar-refractivity contribution in [3.63, 3.8) is 0 Å². The molecular formula is C28H31N3O3. The van der Waals surface area contributed by atoms with Gasteiger partial charge in [0.2, 0.25) is 5.91 Å². The summed E-state index contributed by atoms with van der Waals surface area (Å²) >= 11 is 0. The van der Waals surface area contributed by atoms with Crippen LogP contribution >= 0.6 is 0 Å². The Morgan fingerprint density at radius 2 is 1.76 bits per heavy atom. The molecule has 0 aliphatic rings. The zero-order chi connectivity index (χ0) is 24.1. The van der Waals surface area contributed by atoms with E-state index in [0.717, 1.165) is 17.5 Å². The maximum Gasteiger partial charge on any atom is 0.290 e. The highest BCUT2D eigenvalue weighted by Crippen LogP contribution is 2.19. The molecular weight excluding hydrogens is 426 g/mol. The van der Waals surface area contributed by atoms with Gasteiger partial charge in [-0.15, -0.1) is 0 Å². The number of nitrogens with zero attached hydrogens (tertiary/aromatic N) is 2. The van der Waals surface area contributed by atoms with Crippen LogP contribution in [0.4, 0.5) is 0 Å². The van der Waals surface area contributed by atoms with Gasteiger partial charge >= 0.3 is 0 Å². The molecule has 1 N–H and O–H groups in total. The molecule has 6 nitrogen and oxygen atoms in total. The van der Waals surface area contributed by atoms with Gasteiger partial charge in [0, 0.05) is 36.2 Å². The zero-order valence-corrected chi connectivity index (χ0v) is 20.0. The number of aromatic nitrogens is 1. The van der Waals surface area contributed by atoms with Gasteiger partial charge in [-0.2, -0.15) is 0 Å². The first kappa shape index (κ1) is 23.4. The molecule has 0 aliphatic carbocycles. The Labute approximate surface area is 200 Å². The average molecular weight is 458 g/mol. The number of H-pyrrole nitrogens is 1. The lowest BCUT2D eigenvalue weighted by atomic mass is 10.1. The molecule has 0 radical (unpaired) electrons. The van der Waals surface area contributed by atoms with E-state index in [-0.39, 0.29) is 30.2 Å². The third-order valence-corrected chi connectivity index (χ3v) is 6.09. The molecule has 2 aromatic carbocycles. The topological polar surface area (TPSA) is 69.6 Å². The number of benzene rings is 2. The van der Waals surface area contributed by atoms with Crippen molar-refractivity contribution >= 4 is 22.7 Å². The Hall–Kier alpha value is -3.80. The van der Waals surface area contributed by atoms with Gasteiger partial charge in [-0.3, -0.25) is 9.59 Å². The minimum absolute atomic E-state index is 0.00303. The van der Waals surface area contributed by atoms with Crippen LogP contribution < -0.4 is 0 Å². The predicted molar refractivity (Wildman–Crippen MR) is 133 cm³/mol. The molecule has 4 rings (SSSR count). The molecule has 0 saturated carbocycles. The molecule has 4 aromatic rings. The second kappa shape index (κ2) is 10.4. The van der Waals surface area contributed by atoms with Crippen LogP contribution in [-0.2, 0) is 17.8 Å². The number of aryl methyl sites for hydroxylation is 1. The number of carbonyl (C=O) groups is 2. The van der Waals surface area contributed by atoms with Crippen molar-refractivity contribution in [2.45, 2.75) is 39.8 Å². The second-order valence-corrected chi connectivity index (χ2v) is 8.91. The smallest absolute Gasteiger partial charge is 0.290 e. The van der Waals surface area contributed by atoms with Gasteiger partial charge in [0.15, 0.2) is 5.76 Å². The molecule has 0 bridgehead atoms. The molecule has 2 amide bonds. The van der Waals surface area contributed by atoms with Gasteiger partial charge in [0.1, 0.15) is 6.54 Å². The standard InChI is InChI=1S/C28H31N3O3/c1-20(2)31(28(33)26-9-6-16-34-26)19-27(32)30(18-22-12-10-21(3)11-13-22)15-14-23-17-29-25-8-5-4-7-24(23)25/h4-13,16-17,20,29H,14-15,18-19H2,1-3H3. The van der Waals surface area contributed by atoms with Crippen molar-refractivity contribution < 1.29 is 14.0 Å². The first-order valence-corrected chi connectivity index (χ1v) is 11.6. The Morgan fingerprint density at radius 1 is 1.00 bits per heavy atom. The molecule has 34 heavy (non-hydrogen) atoms. The van der Waals surface area contributed by atoms with E-state index in [1.165, 1.54) is 22.8 Å². The first-order chi connectivity index (χ1) is 16.4. The lowest BCUT2D eigenvalue weighted by molar-refractivity contribution is -0.132. The van der Waals surface area contributed by atoms with E-state index in [4.69, 9.17) is 4.42 Å². The minimum atomic E-state index is -0.278. The number of furan rings is 1. The van der Waals surface area contributed by atoms with Crippen molar-refractivity contribution in [1.82, 2.24) is 14.8 Å². The molecule has 0 saturated heterocycles. The Kier molecular flexibility index (Phi) is 7.16. The van der Waals surface area contributed by atoms with Gasteiger partial charge in [0.25, 0.3) is 5.91 Å². The summed E-state index contributed by atoms with van der Waals surface area (Å²) in [5.74, 6) is -0.125. The van der Waals surface area contributed by atoms with Crippen LogP contribution in [0, 0.1) is 6.92 Å². The summed E-state index contributed by atoms with van der Waals surface area (Å²) < 4.78 is 5.29. The van der Waals surface area contributed by atoms with Gasteiger partial charge < -0.3 is 19.2 Å². The molecule has 6 heteroatoms. The number of aromatic amines is 1. The minimum Gasteiger partial charge on any atom is -0.459 e. The van der Waals surface area contributed by atoms with Crippen molar-refractivity contribution in [3.05, 3.63) is 95.6 Å². The third kappa shape index (κ3) is 5.39. The molecule has 0 fully saturated rings. The number of para-hydroxylation sites is 1. The number of amides is 2. The van der Waals surface area contributed by atoms with E-state index in [1.54, 1.807) is 17.0 Å². The molecule has 0 spiro atoms. The fraction of sp³-hybridized carbons (Fsp3) is 0.286. The van der Waals surface area contributed by atoms with Crippen LogP contribution in [0.2, 0.25) is 0 Å². The van der Waals surface area contributed by atoms with Crippen LogP contribution in [0.3, 0.4) is 0 Å². The first-order valence-electron chi connectivity index (χ1n) is 11.6. The number of rotatable bonds is 9. The highest BCUT2D eigenvalue weighted by Gasteiger charge is 2.26. The van der Waals surface area contributed by atoms with Gasteiger partial charge in [-0.1, -0.05) is 48.0 Å². The number of hydrogen-bond acceptors (Lipinski definition) is 3. The van der Waals surface area contributed by atoms with Gasteiger partial charge in [-0.25, -0.2) is 0 Å². The second-order valence-electron chi connectivity index (χ2n) is 8.91. The third-order valence-electron chi connectivity index (χ3n) is 6.09. The fourth-order valence-electron chi connectivity index (χ4n) is 4.08. The van der Waals surface area contributed by atoms with Gasteiger partial charge in [0.05, 0.1) is 6.26 Å². The number of nitrogens with one attached hydrogen (secondary N) is 1. The normalized spacial score (nSPS) is 11.2. The van der Waals surface area contributed by atoms with E-state index in [1.807, 2.05) is 44.0 Å². The summed E-state index contributed by atoms with van der Waals surface area (Å²) in [5.41, 5.74) is 4.50. The highest BCUT2D eigenvalue weighted by atomic mass is 16.3. The van der Waals surface area contributed by atoms with E-state index in [9.17, 15) is 9.59 Å². The molecule has 176 valence electrons. The largest absolute Gasteiger partial charge is 0.459 e. The summed E-state index contributed by atoms with van der Waals surface area (Å²) in [5, 5.41) is 1.17. The number of fused-ring (bicyclic) bond motifs is 1. The van der Waals surface area contributed by atoms with Crippen LogP contribution in [-0.4, -0.2) is 45.7 Å². The van der Waals surface area contributed by atoms with Crippen LogP contribution in [0.15, 0.2) is 77.5 Å². The monoisotopic (exact) mass is 457 g/mol. The van der Waals surface area contributed by atoms with Crippen LogP contribution in [0.25, 0.3) is 10.9 Å². The quantitative estimate of drug-likeness (QED) is 0.376.